The molecule has 0 bridgehead atoms. The fourth-order valence-electron chi connectivity index (χ4n) is 1.46. The van der Waals surface area contributed by atoms with Crippen LogP contribution in [0.15, 0.2) is 64.8 Å². The van der Waals surface area contributed by atoms with Crippen molar-refractivity contribution in [3.05, 3.63) is 65.7 Å². The van der Waals surface area contributed by atoms with Gasteiger partial charge in [-0.3, -0.25) is 0 Å². The molecule has 0 heterocycles. The second-order valence-electron chi connectivity index (χ2n) is 3.68. The highest BCUT2D eigenvalue weighted by Crippen LogP contribution is 2.10. The first-order chi connectivity index (χ1) is 8.88. The van der Waals surface area contributed by atoms with Crippen LogP contribution in [-0.2, 0) is 0 Å². The van der Waals surface area contributed by atoms with Crippen molar-refractivity contribution in [3.63, 3.8) is 0 Å². The zero-order chi connectivity index (χ0) is 12.6. The van der Waals surface area contributed by atoms with E-state index in [0.717, 1.165) is 16.9 Å². The van der Waals surface area contributed by atoms with Gasteiger partial charge in [-0.1, -0.05) is 42.5 Å². The smallest absolute Gasteiger partial charge is 0.119 e. The zero-order valence-corrected chi connectivity index (χ0v) is 10.2. The van der Waals surface area contributed by atoms with Crippen LogP contribution in [0.4, 0.5) is 0 Å². The Morgan fingerprint density at radius 2 is 1.50 bits per heavy atom. The number of hydrogen-bond donors (Lipinski definition) is 0. The lowest BCUT2D eigenvalue weighted by Gasteiger charge is -1.98. The van der Waals surface area contributed by atoms with Crippen molar-refractivity contribution in [1.29, 1.82) is 0 Å². The summed E-state index contributed by atoms with van der Waals surface area (Å²) in [6.07, 6.45) is 3.42. The summed E-state index contributed by atoms with van der Waals surface area (Å²) >= 11 is 0. The van der Waals surface area contributed by atoms with Gasteiger partial charge in [-0.25, -0.2) is 0 Å². The van der Waals surface area contributed by atoms with Crippen molar-refractivity contribution in [2.75, 3.05) is 7.11 Å². The summed E-state index contributed by atoms with van der Waals surface area (Å²) in [5, 5.41) is 8.00. The minimum absolute atomic E-state index is 0.811. The van der Waals surface area contributed by atoms with Crippen LogP contribution in [0.25, 0.3) is 0 Å². The molecule has 0 spiro atoms. The summed E-state index contributed by atoms with van der Waals surface area (Å²) in [5.74, 6) is 0.811. The zero-order valence-electron chi connectivity index (χ0n) is 10.2. The lowest BCUT2D eigenvalue weighted by molar-refractivity contribution is 0.415. The fraction of sp³-hybridized carbons (Fsp3) is 0.0667. The lowest BCUT2D eigenvalue weighted by Crippen LogP contribution is -1.85. The maximum atomic E-state index is 5.13. The molecule has 0 atom stereocenters. The maximum Gasteiger partial charge on any atom is 0.119 e. The second kappa shape index (κ2) is 6.35. The van der Waals surface area contributed by atoms with E-state index in [9.17, 15) is 0 Å². The molecule has 0 aliphatic rings. The Labute approximate surface area is 106 Å². The summed E-state index contributed by atoms with van der Waals surface area (Å²) in [6.45, 7) is 0. The van der Waals surface area contributed by atoms with Gasteiger partial charge in [0, 0.05) is 0 Å². The summed E-state index contributed by atoms with van der Waals surface area (Å²) in [7, 11) is 1.64. The van der Waals surface area contributed by atoms with Crippen LogP contribution in [0, 0.1) is 0 Å². The first-order valence-corrected chi connectivity index (χ1v) is 5.64. The highest BCUT2D eigenvalue weighted by Gasteiger charge is 1.91. The van der Waals surface area contributed by atoms with Crippen molar-refractivity contribution in [2.45, 2.75) is 0 Å². The molecule has 0 unspecified atom stereocenters. The van der Waals surface area contributed by atoms with E-state index in [0.29, 0.717) is 0 Å². The Kier molecular flexibility index (Phi) is 4.25. The van der Waals surface area contributed by atoms with Gasteiger partial charge in [0.25, 0.3) is 0 Å². The molecule has 2 aromatic rings. The molecule has 2 aromatic carbocycles. The first-order valence-electron chi connectivity index (χ1n) is 5.64. The molecule has 0 saturated carbocycles. The average Bonchev–Trinajstić information content (AvgIpc) is 2.45. The van der Waals surface area contributed by atoms with Gasteiger partial charge in [0.1, 0.15) is 5.75 Å². The molecule has 0 aliphatic heterocycles. The highest BCUT2D eigenvalue weighted by molar-refractivity contribution is 5.82. The molecule has 0 N–H and O–H groups in total. The van der Waals surface area contributed by atoms with Crippen molar-refractivity contribution in [2.24, 2.45) is 10.2 Å². The summed E-state index contributed by atoms with van der Waals surface area (Å²) < 4.78 is 5.13. The molecule has 18 heavy (non-hydrogen) atoms. The number of methoxy groups -OCH3 is 1. The molecule has 90 valence electrons. The van der Waals surface area contributed by atoms with Crippen LogP contribution in [0.5, 0.6) is 5.75 Å². The number of rotatable bonds is 4. The molecule has 0 amide bonds. The lowest BCUT2D eigenvalue weighted by atomic mass is 10.2. The van der Waals surface area contributed by atoms with Crippen molar-refractivity contribution < 1.29 is 4.74 Å². The minimum Gasteiger partial charge on any atom is -0.497 e. The van der Waals surface area contributed by atoms with Gasteiger partial charge in [-0.15, -0.1) is 0 Å². The Hall–Kier alpha value is -2.42. The normalized spacial score (nSPS) is 11.2. The van der Waals surface area contributed by atoms with E-state index in [1.807, 2.05) is 54.6 Å². The van der Waals surface area contributed by atoms with Gasteiger partial charge < -0.3 is 4.74 Å². The fourth-order valence-corrected chi connectivity index (χ4v) is 1.46. The number of ether oxygens (including phenoxy) is 1. The van der Waals surface area contributed by atoms with Crippen LogP contribution in [0.2, 0.25) is 0 Å². The molecule has 0 radical (unpaired) electrons. The van der Waals surface area contributed by atoms with Crippen molar-refractivity contribution in [3.8, 4) is 5.75 Å². The monoisotopic (exact) mass is 238 g/mol. The van der Waals surface area contributed by atoms with Crippen LogP contribution in [0.3, 0.4) is 0 Å². The Bertz CT molecular complexity index is 547. The standard InChI is InChI=1S/C15H14N2O/c1-18-15-9-5-8-14(10-15)12-17-16-11-13-6-3-2-4-7-13/h2-12H,1H3. The highest BCUT2D eigenvalue weighted by atomic mass is 16.5. The van der Waals surface area contributed by atoms with E-state index in [4.69, 9.17) is 4.74 Å². The predicted octanol–water partition coefficient (Wildman–Crippen LogP) is 3.15. The number of benzene rings is 2. The molecule has 2 rings (SSSR count). The molecule has 0 aliphatic carbocycles. The van der Waals surface area contributed by atoms with Gasteiger partial charge in [0.15, 0.2) is 0 Å². The molecular formula is C15H14N2O. The molecule has 3 heteroatoms. The van der Waals surface area contributed by atoms with Crippen molar-refractivity contribution in [1.82, 2.24) is 0 Å². The van der Waals surface area contributed by atoms with E-state index >= 15 is 0 Å². The van der Waals surface area contributed by atoms with Gasteiger partial charge in [-0.2, -0.15) is 10.2 Å². The molecule has 0 aromatic heterocycles. The molecule has 0 saturated heterocycles. The Morgan fingerprint density at radius 3 is 2.22 bits per heavy atom. The van der Waals surface area contributed by atoms with E-state index in [1.165, 1.54) is 0 Å². The summed E-state index contributed by atoms with van der Waals surface area (Å²) in [4.78, 5) is 0. The third-order valence-corrected chi connectivity index (χ3v) is 2.37. The quantitative estimate of drug-likeness (QED) is 0.595. The molecular weight excluding hydrogens is 224 g/mol. The number of nitrogens with zero attached hydrogens (tertiary/aromatic N) is 2. The van der Waals surface area contributed by atoms with Gasteiger partial charge >= 0.3 is 0 Å². The van der Waals surface area contributed by atoms with Crippen LogP contribution < -0.4 is 4.74 Å². The SMILES string of the molecule is COc1cccc(C=NN=Cc2ccccc2)c1. The summed E-state index contributed by atoms with van der Waals surface area (Å²) in [6, 6.07) is 17.5. The van der Waals surface area contributed by atoms with Crippen LogP contribution in [0.1, 0.15) is 11.1 Å². The largest absolute Gasteiger partial charge is 0.497 e. The average molecular weight is 238 g/mol. The van der Waals surface area contributed by atoms with Crippen LogP contribution in [-0.4, -0.2) is 19.5 Å². The van der Waals surface area contributed by atoms with Gasteiger partial charge in [0.05, 0.1) is 19.5 Å². The maximum absolute atomic E-state index is 5.13. The number of hydrogen-bond acceptors (Lipinski definition) is 3. The molecule has 3 nitrogen and oxygen atoms in total. The topological polar surface area (TPSA) is 34.0 Å². The Morgan fingerprint density at radius 1 is 0.833 bits per heavy atom. The second-order valence-corrected chi connectivity index (χ2v) is 3.68. The van der Waals surface area contributed by atoms with E-state index in [2.05, 4.69) is 10.2 Å². The van der Waals surface area contributed by atoms with E-state index in [1.54, 1.807) is 19.5 Å². The van der Waals surface area contributed by atoms with E-state index < -0.39 is 0 Å². The van der Waals surface area contributed by atoms with Gasteiger partial charge in [0.2, 0.25) is 0 Å². The van der Waals surface area contributed by atoms with Crippen LogP contribution >= 0.6 is 0 Å². The molecule has 0 fully saturated rings. The van der Waals surface area contributed by atoms with Crippen molar-refractivity contribution >= 4 is 12.4 Å². The predicted molar refractivity (Wildman–Crippen MR) is 74.6 cm³/mol. The van der Waals surface area contributed by atoms with E-state index in [-0.39, 0.29) is 0 Å². The first kappa shape index (κ1) is 12.0. The third kappa shape index (κ3) is 3.56. The third-order valence-electron chi connectivity index (χ3n) is 2.37. The summed E-state index contributed by atoms with van der Waals surface area (Å²) in [5.41, 5.74) is 1.99. The Balaban J connectivity index is 2.01. The van der Waals surface area contributed by atoms with Gasteiger partial charge in [-0.05, 0) is 23.3 Å². The minimum atomic E-state index is 0.811.